The number of likely N-dealkylation sites (tertiary alicyclic amines) is 1. The van der Waals surface area contributed by atoms with E-state index >= 15 is 0 Å². The number of para-hydroxylation sites is 1. The Kier molecular flexibility index (Phi) is 6.94. The summed E-state index contributed by atoms with van der Waals surface area (Å²) in [5, 5.41) is 6.88. The minimum absolute atomic E-state index is 0.0852. The highest BCUT2D eigenvalue weighted by molar-refractivity contribution is 5.94. The largest absolute Gasteiger partial charge is 0.370 e. The van der Waals surface area contributed by atoms with E-state index in [1.54, 1.807) is 0 Å². The molecule has 33 heavy (non-hydrogen) atoms. The van der Waals surface area contributed by atoms with Gasteiger partial charge in [-0.1, -0.05) is 36.9 Å². The first-order valence-corrected chi connectivity index (χ1v) is 11.5. The maximum Gasteiger partial charge on any atom is 0.253 e. The van der Waals surface area contributed by atoms with Crippen LogP contribution in [0.15, 0.2) is 83.3 Å². The van der Waals surface area contributed by atoms with Crippen LogP contribution in [0.1, 0.15) is 41.7 Å². The monoisotopic (exact) mass is 443 g/mol. The average Bonchev–Trinajstić information content (AvgIpc) is 2.84. The lowest BCUT2D eigenvalue weighted by Gasteiger charge is -2.35. The summed E-state index contributed by atoms with van der Waals surface area (Å²) in [4.78, 5) is 21.8. The number of carbonyl (C=O) groups is 1. The molecule has 0 aliphatic carbocycles. The number of amides is 1. The van der Waals surface area contributed by atoms with Crippen LogP contribution in [-0.4, -0.2) is 55.1 Å². The number of benzene rings is 2. The molecule has 0 spiro atoms. The van der Waals surface area contributed by atoms with Crippen molar-refractivity contribution in [3.05, 3.63) is 89.4 Å². The second-order valence-electron chi connectivity index (χ2n) is 8.94. The molecule has 1 unspecified atom stereocenters. The van der Waals surface area contributed by atoms with E-state index in [0.717, 1.165) is 59.8 Å². The van der Waals surface area contributed by atoms with Gasteiger partial charge in [0.15, 0.2) is 0 Å². The Balaban J connectivity index is 1.39. The number of aliphatic imine (C=N–C) groups is 1. The lowest BCUT2D eigenvalue weighted by atomic mass is 10.0. The van der Waals surface area contributed by atoms with E-state index in [0.29, 0.717) is 6.04 Å². The van der Waals surface area contributed by atoms with Crippen LogP contribution >= 0.6 is 0 Å². The summed E-state index contributed by atoms with van der Waals surface area (Å²) in [6.07, 6.45) is 3.95. The Bertz CT molecular complexity index is 1050. The molecule has 2 heterocycles. The van der Waals surface area contributed by atoms with Crippen molar-refractivity contribution in [1.29, 1.82) is 0 Å². The summed E-state index contributed by atoms with van der Waals surface area (Å²) in [7, 11) is 4.22. The fourth-order valence-electron chi connectivity index (χ4n) is 4.38. The summed E-state index contributed by atoms with van der Waals surface area (Å²) in [6, 6.07) is 18.3. The molecular formula is C27H33N5O. The Hall–Kier alpha value is -3.38. The quantitative estimate of drug-likeness (QED) is 0.694. The van der Waals surface area contributed by atoms with Crippen LogP contribution in [0.25, 0.3) is 0 Å². The van der Waals surface area contributed by atoms with E-state index in [4.69, 9.17) is 0 Å². The Morgan fingerprint density at radius 2 is 1.76 bits per heavy atom. The van der Waals surface area contributed by atoms with Crippen LogP contribution in [0, 0.1) is 0 Å². The normalized spacial score (nSPS) is 18.9. The molecule has 0 saturated carbocycles. The molecule has 6 nitrogen and oxygen atoms in total. The van der Waals surface area contributed by atoms with Gasteiger partial charge in [0.25, 0.3) is 5.91 Å². The van der Waals surface area contributed by atoms with Crippen molar-refractivity contribution in [3.63, 3.8) is 0 Å². The predicted octanol–water partition coefficient (Wildman–Crippen LogP) is 4.43. The number of nitrogens with zero attached hydrogens (tertiary/aromatic N) is 3. The molecule has 1 atom stereocenters. The number of hydrogen-bond acceptors (Lipinski definition) is 5. The summed E-state index contributed by atoms with van der Waals surface area (Å²) in [5.74, 6) is 0.112. The SMILES string of the molecule is C=C(Nc1ccccc1)C1=C(C)N=CC(c2ccc(C(=O)N3CCC(N(C)C)CC3)cc2)N1. The van der Waals surface area contributed by atoms with Crippen molar-refractivity contribution in [2.75, 3.05) is 32.5 Å². The molecule has 2 aromatic carbocycles. The Morgan fingerprint density at radius 3 is 2.39 bits per heavy atom. The smallest absolute Gasteiger partial charge is 0.253 e. The van der Waals surface area contributed by atoms with Gasteiger partial charge < -0.3 is 20.4 Å². The third-order valence-electron chi connectivity index (χ3n) is 6.45. The fourth-order valence-corrected chi connectivity index (χ4v) is 4.38. The fraction of sp³-hybridized carbons (Fsp3) is 0.333. The van der Waals surface area contributed by atoms with E-state index in [1.165, 1.54) is 0 Å². The third kappa shape index (κ3) is 5.34. The van der Waals surface area contributed by atoms with Gasteiger partial charge in [0.2, 0.25) is 0 Å². The second kappa shape index (κ2) is 10.0. The molecule has 0 radical (unpaired) electrons. The average molecular weight is 444 g/mol. The van der Waals surface area contributed by atoms with Crippen molar-refractivity contribution >= 4 is 17.8 Å². The van der Waals surface area contributed by atoms with E-state index in [9.17, 15) is 4.79 Å². The second-order valence-corrected chi connectivity index (χ2v) is 8.94. The van der Waals surface area contributed by atoms with Gasteiger partial charge in [-0.15, -0.1) is 0 Å². The van der Waals surface area contributed by atoms with Gasteiger partial charge in [-0.25, -0.2) is 0 Å². The molecule has 1 fully saturated rings. The Labute approximate surface area is 196 Å². The van der Waals surface area contributed by atoms with E-state index in [2.05, 4.69) is 41.2 Å². The molecule has 1 saturated heterocycles. The zero-order valence-electron chi connectivity index (χ0n) is 19.7. The molecule has 0 aromatic heterocycles. The first kappa shape index (κ1) is 22.8. The summed E-state index contributed by atoms with van der Waals surface area (Å²) in [6.45, 7) is 7.78. The molecule has 0 bridgehead atoms. The summed E-state index contributed by atoms with van der Waals surface area (Å²) in [5.41, 5.74) is 5.31. The number of nitrogens with one attached hydrogen (secondary N) is 2. The minimum Gasteiger partial charge on any atom is -0.370 e. The van der Waals surface area contributed by atoms with Gasteiger partial charge in [0.1, 0.15) is 0 Å². The first-order chi connectivity index (χ1) is 15.9. The van der Waals surface area contributed by atoms with Gasteiger partial charge >= 0.3 is 0 Å². The number of hydrogen-bond donors (Lipinski definition) is 2. The molecule has 1 amide bonds. The van der Waals surface area contributed by atoms with Crippen molar-refractivity contribution in [1.82, 2.24) is 15.1 Å². The highest BCUT2D eigenvalue weighted by atomic mass is 16.2. The lowest BCUT2D eigenvalue weighted by Crippen LogP contribution is -2.44. The van der Waals surface area contributed by atoms with Crippen molar-refractivity contribution < 1.29 is 4.79 Å². The van der Waals surface area contributed by atoms with Crippen LogP contribution < -0.4 is 10.6 Å². The number of piperidine rings is 1. The topological polar surface area (TPSA) is 60.0 Å². The van der Waals surface area contributed by atoms with Crippen molar-refractivity contribution in [2.24, 2.45) is 4.99 Å². The third-order valence-corrected chi connectivity index (χ3v) is 6.45. The summed E-state index contributed by atoms with van der Waals surface area (Å²) < 4.78 is 0. The number of anilines is 1. The van der Waals surface area contributed by atoms with Crippen molar-refractivity contribution in [2.45, 2.75) is 31.8 Å². The lowest BCUT2D eigenvalue weighted by molar-refractivity contribution is 0.0663. The maximum atomic E-state index is 13.0. The van der Waals surface area contributed by atoms with Crippen LogP contribution in [0.5, 0.6) is 0 Å². The van der Waals surface area contributed by atoms with Crippen LogP contribution in [0.2, 0.25) is 0 Å². The molecule has 2 aliphatic heterocycles. The van der Waals surface area contributed by atoms with E-state index in [1.807, 2.05) is 72.6 Å². The molecule has 6 heteroatoms. The van der Waals surface area contributed by atoms with Crippen molar-refractivity contribution in [3.8, 4) is 0 Å². The molecule has 172 valence electrons. The van der Waals surface area contributed by atoms with Gasteiger partial charge in [-0.3, -0.25) is 9.79 Å². The highest BCUT2D eigenvalue weighted by Gasteiger charge is 2.25. The van der Waals surface area contributed by atoms with Crippen LogP contribution in [0.3, 0.4) is 0 Å². The van der Waals surface area contributed by atoms with Gasteiger partial charge in [-0.2, -0.15) is 0 Å². The van der Waals surface area contributed by atoms with Crippen LogP contribution in [0.4, 0.5) is 5.69 Å². The number of allylic oxidation sites excluding steroid dienone is 1. The zero-order valence-corrected chi connectivity index (χ0v) is 19.7. The van der Waals surface area contributed by atoms with E-state index < -0.39 is 0 Å². The number of carbonyl (C=O) groups excluding carboxylic acids is 1. The Morgan fingerprint density at radius 1 is 1.09 bits per heavy atom. The van der Waals surface area contributed by atoms with Gasteiger partial charge in [0, 0.05) is 36.6 Å². The number of rotatable bonds is 6. The first-order valence-electron chi connectivity index (χ1n) is 11.5. The molecule has 2 aromatic rings. The molecule has 2 aliphatic rings. The summed E-state index contributed by atoms with van der Waals surface area (Å²) >= 11 is 0. The van der Waals surface area contributed by atoms with Crippen LogP contribution in [-0.2, 0) is 0 Å². The molecule has 2 N–H and O–H groups in total. The predicted molar refractivity (Wildman–Crippen MR) is 135 cm³/mol. The standard InChI is InChI=1S/C27H33N5O/c1-19-26(20(2)29-23-8-6-5-7-9-23)30-25(18-28-19)21-10-12-22(13-11-21)27(33)32-16-14-24(15-17-32)31(3)4/h5-13,18,24-25,29-30H,2,14-17H2,1,3-4H3. The van der Waals surface area contributed by atoms with Gasteiger partial charge in [-0.05, 0) is 63.7 Å². The van der Waals surface area contributed by atoms with E-state index in [-0.39, 0.29) is 11.9 Å². The minimum atomic E-state index is -0.0852. The molecule has 4 rings (SSSR count). The highest BCUT2D eigenvalue weighted by Crippen LogP contribution is 2.25. The zero-order chi connectivity index (χ0) is 23.4. The van der Waals surface area contributed by atoms with Gasteiger partial charge in [0.05, 0.1) is 23.1 Å². The molecular weight excluding hydrogens is 410 g/mol. The maximum absolute atomic E-state index is 13.0.